The van der Waals surface area contributed by atoms with Gasteiger partial charge in [-0.1, -0.05) is 15.9 Å². The second-order valence-electron chi connectivity index (χ2n) is 5.38. The van der Waals surface area contributed by atoms with E-state index < -0.39 is 0 Å². The number of benzene rings is 1. The van der Waals surface area contributed by atoms with Gasteiger partial charge in [0.25, 0.3) is 0 Å². The summed E-state index contributed by atoms with van der Waals surface area (Å²) < 4.78 is 14.1. The molecule has 0 unspecified atom stereocenters. The number of hydrogen-bond acceptors (Lipinski definition) is 3. The summed E-state index contributed by atoms with van der Waals surface area (Å²) >= 11 is 3.43. The van der Waals surface area contributed by atoms with Crippen LogP contribution in [-0.2, 0) is 6.54 Å². The van der Waals surface area contributed by atoms with Gasteiger partial charge in [-0.15, -0.1) is 0 Å². The van der Waals surface area contributed by atoms with Crippen molar-refractivity contribution < 1.29 is 9.50 Å². The van der Waals surface area contributed by atoms with Gasteiger partial charge in [0.15, 0.2) is 0 Å². The molecule has 112 valence electrons. The Morgan fingerprint density at radius 2 is 2.10 bits per heavy atom. The Morgan fingerprint density at radius 3 is 2.80 bits per heavy atom. The SMILES string of the molecule is OCC1CCN(CCNCc2cc(F)ccc2Br)CC1. The first-order chi connectivity index (χ1) is 9.69. The van der Waals surface area contributed by atoms with Crippen LogP contribution in [0.1, 0.15) is 18.4 Å². The zero-order valence-corrected chi connectivity index (χ0v) is 13.2. The Balaban J connectivity index is 1.65. The van der Waals surface area contributed by atoms with Gasteiger partial charge < -0.3 is 15.3 Å². The van der Waals surface area contributed by atoms with Crippen LogP contribution >= 0.6 is 15.9 Å². The van der Waals surface area contributed by atoms with Crippen molar-refractivity contribution in [2.75, 3.05) is 32.8 Å². The van der Waals surface area contributed by atoms with E-state index in [9.17, 15) is 4.39 Å². The third-order valence-electron chi connectivity index (χ3n) is 3.89. The molecular weight excluding hydrogens is 323 g/mol. The highest BCUT2D eigenvalue weighted by Crippen LogP contribution is 2.18. The normalized spacial score (nSPS) is 17.6. The quantitative estimate of drug-likeness (QED) is 0.777. The summed E-state index contributed by atoms with van der Waals surface area (Å²) in [4.78, 5) is 2.42. The van der Waals surface area contributed by atoms with Crippen molar-refractivity contribution in [3.8, 4) is 0 Å². The van der Waals surface area contributed by atoms with Gasteiger partial charge in [-0.3, -0.25) is 0 Å². The first-order valence-corrected chi connectivity index (χ1v) is 7.96. The van der Waals surface area contributed by atoms with E-state index >= 15 is 0 Å². The summed E-state index contributed by atoms with van der Waals surface area (Å²) in [6.45, 7) is 5.02. The highest BCUT2D eigenvalue weighted by molar-refractivity contribution is 9.10. The zero-order valence-electron chi connectivity index (χ0n) is 11.6. The number of halogens is 2. The fourth-order valence-corrected chi connectivity index (χ4v) is 2.92. The molecule has 20 heavy (non-hydrogen) atoms. The van der Waals surface area contributed by atoms with Crippen LogP contribution in [0.5, 0.6) is 0 Å². The maximum Gasteiger partial charge on any atom is 0.123 e. The molecule has 5 heteroatoms. The van der Waals surface area contributed by atoms with Gasteiger partial charge in [0.2, 0.25) is 0 Å². The van der Waals surface area contributed by atoms with E-state index in [-0.39, 0.29) is 5.82 Å². The van der Waals surface area contributed by atoms with Crippen molar-refractivity contribution in [1.82, 2.24) is 10.2 Å². The molecule has 0 bridgehead atoms. The molecule has 0 spiro atoms. The Hall–Kier alpha value is -0.490. The fraction of sp³-hybridized carbons (Fsp3) is 0.600. The monoisotopic (exact) mass is 344 g/mol. The standard InChI is InChI=1S/C15H22BrFN2O/c16-15-2-1-14(17)9-13(15)10-18-5-8-19-6-3-12(11-20)4-7-19/h1-2,9,12,18,20H,3-8,10-11H2. The Labute approximate surface area is 128 Å². The third-order valence-corrected chi connectivity index (χ3v) is 4.67. The first kappa shape index (κ1) is 15.9. The number of nitrogens with one attached hydrogen (secondary N) is 1. The maximum absolute atomic E-state index is 13.1. The molecule has 0 amide bonds. The predicted molar refractivity (Wildman–Crippen MR) is 82.1 cm³/mol. The minimum Gasteiger partial charge on any atom is -0.396 e. The smallest absolute Gasteiger partial charge is 0.123 e. The molecule has 0 saturated carbocycles. The second kappa shape index (κ2) is 8.08. The number of rotatable bonds is 6. The molecule has 1 saturated heterocycles. The molecular formula is C15H22BrFN2O. The van der Waals surface area contributed by atoms with Crippen LogP contribution in [0.15, 0.2) is 22.7 Å². The average Bonchev–Trinajstić information content (AvgIpc) is 2.47. The minimum atomic E-state index is -0.198. The number of aliphatic hydroxyl groups excluding tert-OH is 1. The Bertz CT molecular complexity index is 422. The molecule has 2 rings (SSSR count). The van der Waals surface area contributed by atoms with E-state index in [1.807, 2.05) is 0 Å². The molecule has 1 aliphatic rings. The number of likely N-dealkylation sites (tertiary alicyclic amines) is 1. The van der Waals surface area contributed by atoms with Gasteiger partial charge in [-0.05, 0) is 55.6 Å². The topological polar surface area (TPSA) is 35.5 Å². The molecule has 0 atom stereocenters. The van der Waals surface area contributed by atoms with Crippen LogP contribution < -0.4 is 5.32 Å². The molecule has 1 fully saturated rings. The van der Waals surface area contributed by atoms with E-state index in [1.54, 1.807) is 12.1 Å². The predicted octanol–water partition coefficient (Wildman–Crippen LogP) is 2.38. The van der Waals surface area contributed by atoms with Crippen LogP contribution in [0.3, 0.4) is 0 Å². The highest BCUT2D eigenvalue weighted by Gasteiger charge is 2.17. The number of nitrogens with zero attached hydrogens (tertiary/aromatic N) is 1. The van der Waals surface area contributed by atoms with E-state index in [2.05, 4.69) is 26.1 Å². The largest absolute Gasteiger partial charge is 0.396 e. The summed E-state index contributed by atoms with van der Waals surface area (Å²) in [5.74, 6) is 0.290. The summed E-state index contributed by atoms with van der Waals surface area (Å²) in [5, 5.41) is 12.5. The molecule has 1 aromatic carbocycles. The maximum atomic E-state index is 13.1. The summed E-state index contributed by atoms with van der Waals surface area (Å²) in [6, 6.07) is 4.76. The van der Waals surface area contributed by atoms with Crippen LogP contribution in [0.2, 0.25) is 0 Å². The van der Waals surface area contributed by atoms with Crippen molar-refractivity contribution in [1.29, 1.82) is 0 Å². The summed E-state index contributed by atoms with van der Waals surface area (Å²) in [7, 11) is 0. The number of piperidine rings is 1. The van der Waals surface area contributed by atoms with Gasteiger partial charge in [-0.25, -0.2) is 4.39 Å². The molecule has 3 nitrogen and oxygen atoms in total. The van der Waals surface area contributed by atoms with Crippen molar-refractivity contribution in [2.24, 2.45) is 5.92 Å². The van der Waals surface area contributed by atoms with Gasteiger partial charge in [0, 0.05) is 30.7 Å². The molecule has 0 radical (unpaired) electrons. The molecule has 0 aromatic heterocycles. The van der Waals surface area contributed by atoms with Crippen LogP contribution in [0, 0.1) is 11.7 Å². The van der Waals surface area contributed by atoms with Gasteiger partial charge >= 0.3 is 0 Å². The molecule has 1 aliphatic heterocycles. The van der Waals surface area contributed by atoms with Crippen molar-refractivity contribution in [2.45, 2.75) is 19.4 Å². The summed E-state index contributed by atoms with van der Waals surface area (Å²) in [6.07, 6.45) is 2.18. The lowest BCUT2D eigenvalue weighted by atomic mass is 9.98. The number of hydrogen-bond donors (Lipinski definition) is 2. The fourth-order valence-electron chi connectivity index (χ4n) is 2.53. The molecule has 2 N–H and O–H groups in total. The lowest BCUT2D eigenvalue weighted by Gasteiger charge is -2.31. The van der Waals surface area contributed by atoms with Crippen LogP contribution in [0.4, 0.5) is 4.39 Å². The molecule has 1 heterocycles. The summed E-state index contributed by atoms with van der Waals surface area (Å²) in [5.41, 5.74) is 0.948. The molecule has 0 aliphatic carbocycles. The number of aliphatic hydroxyl groups is 1. The van der Waals surface area contributed by atoms with Crippen molar-refractivity contribution in [3.63, 3.8) is 0 Å². The van der Waals surface area contributed by atoms with Crippen molar-refractivity contribution >= 4 is 15.9 Å². The van der Waals surface area contributed by atoms with Gasteiger partial charge in [0.1, 0.15) is 5.82 Å². The molecule has 1 aromatic rings. The van der Waals surface area contributed by atoms with Crippen LogP contribution in [0.25, 0.3) is 0 Å². The Kier molecular flexibility index (Phi) is 6.42. The Morgan fingerprint density at radius 1 is 1.35 bits per heavy atom. The highest BCUT2D eigenvalue weighted by atomic mass is 79.9. The average molecular weight is 345 g/mol. The zero-order chi connectivity index (χ0) is 14.4. The van der Waals surface area contributed by atoms with E-state index in [0.717, 1.165) is 49.1 Å². The van der Waals surface area contributed by atoms with E-state index in [1.165, 1.54) is 6.07 Å². The van der Waals surface area contributed by atoms with Crippen molar-refractivity contribution in [3.05, 3.63) is 34.1 Å². The minimum absolute atomic E-state index is 0.198. The first-order valence-electron chi connectivity index (χ1n) is 7.17. The third kappa shape index (κ3) is 4.81. The van der Waals surface area contributed by atoms with Crippen LogP contribution in [-0.4, -0.2) is 42.8 Å². The van der Waals surface area contributed by atoms with Gasteiger partial charge in [-0.2, -0.15) is 0 Å². The van der Waals surface area contributed by atoms with Gasteiger partial charge in [0.05, 0.1) is 0 Å². The van der Waals surface area contributed by atoms with E-state index in [0.29, 0.717) is 19.1 Å². The lowest BCUT2D eigenvalue weighted by Crippen LogP contribution is -2.38. The van der Waals surface area contributed by atoms with E-state index in [4.69, 9.17) is 5.11 Å². The lowest BCUT2D eigenvalue weighted by molar-refractivity contribution is 0.132. The second-order valence-corrected chi connectivity index (χ2v) is 6.23.